The number of sulfonamides is 1. The van der Waals surface area contributed by atoms with E-state index in [0.717, 1.165) is 0 Å². The summed E-state index contributed by atoms with van der Waals surface area (Å²) < 4.78 is 26.5. The average molecular weight is 319 g/mol. The molecule has 1 aromatic carbocycles. The molecular formula is C11H17N3O4S2. The minimum absolute atomic E-state index is 0.232. The topological polar surface area (TPSA) is 101 Å². The summed E-state index contributed by atoms with van der Waals surface area (Å²) in [6.07, 6.45) is 1.85. The first-order valence-electron chi connectivity index (χ1n) is 5.93. The Kier molecular flexibility index (Phi) is 6.24. The first kappa shape index (κ1) is 16.7. The zero-order valence-corrected chi connectivity index (χ0v) is 12.9. The number of hydrogen-bond acceptors (Lipinski definition) is 6. The van der Waals surface area contributed by atoms with Gasteiger partial charge < -0.3 is 5.32 Å². The molecule has 0 fully saturated rings. The van der Waals surface area contributed by atoms with Crippen molar-refractivity contribution in [3.8, 4) is 0 Å². The number of rotatable bonds is 8. The van der Waals surface area contributed by atoms with Crippen molar-refractivity contribution < 1.29 is 13.3 Å². The predicted octanol–water partition coefficient (Wildman–Crippen LogP) is 1.67. The quantitative estimate of drug-likeness (QED) is 0.429. The van der Waals surface area contributed by atoms with Crippen LogP contribution in [-0.2, 0) is 10.0 Å². The van der Waals surface area contributed by atoms with Crippen molar-refractivity contribution >= 4 is 33.2 Å². The highest BCUT2D eigenvalue weighted by molar-refractivity contribution is 7.98. The third-order valence-corrected chi connectivity index (χ3v) is 4.55. The maximum absolute atomic E-state index is 12.1. The van der Waals surface area contributed by atoms with Gasteiger partial charge >= 0.3 is 0 Å². The number of anilines is 1. The monoisotopic (exact) mass is 319 g/mol. The number of nitrogens with zero attached hydrogens (tertiary/aromatic N) is 1. The van der Waals surface area contributed by atoms with Gasteiger partial charge in [0.25, 0.3) is 5.69 Å². The van der Waals surface area contributed by atoms with Crippen LogP contribution in [0.1, 0.15) is 6.92 Å². The molecule has 0 radical (unpaired) electrons. The molecule has 0 saturated heterocycles. The van der Waals surface area contributed by atoms with E-state index in [2.05, 4.69) is 10.0 Å². The Morgan fingerprint density at radius 2 is 2.10 bits per heavy atom. The summed E-state index contributed by atoms with van der Waals surface area (Å²) in [6.45, 7) is 2.67. The SMILES string of the molecule is CCNc1ccc(S(=O)(=O)NCCSC)c([N+](=O)[O-])c1. The highest BCUT2D eigenvalue weighted by atomic mass is 32.2. The summed E-state index contributed by atoms with van der Waals surface area (Å²) in [6, 6.07) is 3.99. The van der Waals surface area contributed by atoms with Crippen molar-refractivity contribution in [1.29, 1.82) is 0 Å². The Labute approximate surface area is 122 Å². The van der Waals surface area contributed by atoms with Crippen molar-refractivity contribution in [2.75, 3.05) is 30.4 Å². The van der Waals surface area contributed by atoms with Crippen molar-refractivity contribution in [2.45, 2.75) is 11.8 Å². The van der Waals surface area contributed by atoms with Crippen LogP contribution in [0, 0.1) is 10.1 Å². The van der Waals surface area contributed by atoms with E-state index in [1.807, 2.05) is 13.2 Å². The van der Waals surface area contributed by atoms with E-state index in [1.165, 1.54) is 30.0 Å². The second-order valence-corrected chi connectivity index (χ2v) is 6.58. The standard InChI is InChI=1S/C11H17N3O4S2/c1-3-12-9-4-5-11(10(8-9)14(15)16)20(17,18)13-6-7-19-2/h4-5,8,12-13H,3,6-7H2,1-2H3. The zero-order chi connectivity index (χ0) is 15.2. The van der Waals surface area contributed by atoms with E-state index < -0.39 is 20.6 Å². The molecule has 0 amide bonds. The van der Waals surface area contributed by atoms with Crippen LogP contribution in [0.2, 0.25) is 0 Å². The lowest BCUT2D eigenvalue weighted by Crippen LogP contribution is -2.26. The molecule has 20 heavy (non-hydrogen) atoms. The van der Waals surface area contributed by atoms with Crippen LogP contribution in [0.15, 0.2) is 23.1 Å². The van der Waals surface area contributed by atoms with Gasteiger partial charge in [-0.2, -0.15) is 11.8 Å². The Morgan fingerprint density at radius 3 is 2.65 bits per heavy atom. The van der Waals surface area contributed by atoms with E-state index in [0.29, 0.717) is 18.0 Å². The molecule has 0 atom stereocenters. The molecule has 2 N–H and O–H groups in total. The van der Waals surface area contributed by atoms with Crippen molar-refractivity contribution in [2.24, 2.45) is 0 Å². The van der Waals surface area contributed by atoms with Gasteiger partial charge in [-0.3, -0.25) is 10.1 Å². The Hall–Kier alpha value is -1.32. The highest BCUT2D eigenvalue weighted by Crippen LogP contribution is 2.27. The minimum Gasteiger partial charge on any atom is -0.385 e. The number of nitro groups is 1. The van der Waals surface area contributed by atoms with E-state index >= 15 is 0 Å². The molecule has 0 aliphatic carbocycles. The van der Waals surface area contributed by atoms with Gasteiger partial charge in [-0.05, 0) is 25.3 Å². The fourth-order valence-corrected chi connectivity index (χ4v) is 3.17. The second-order valence-electron chi connectivity index (χ2n) is 3.86. The molecule has 1 aromatic rings. The second kappa shape index (κ2) is 7.46. The molecule has 0 spiro atoms. The maximum atomic E-state index is 12.1. The van der Waals surface area contributed by atoms with Gasteiger partial charge in [0.05, 0.1) is 4.92 Å². The summed E-state index contributed by atoms with van der Waals surface area (Å²) >= 11 is 1.49. The molecule has 0 bridgehead atoms. The van der Waals surface area contributed by atoms with Crippen LogP contribution in [0.5, 0.6) is 0 Å². The third kappa shape index (κ3) is 4.36. The zero-order valence-electron chi connectivity index (χ0n) is 11.3. The van der Waals surface area contributed by atoms with Gasteiger partial charge in [0.15, 0.2) is 4.90 Å². The van der Waals surface area contributed by atoms with Gasteiger partial charge in [-0.25, -0.2) is 13.1 Å². The molecule has 0 saturated carbocycles. The summed E-state index contributed by atoms with van der Waals surface area (Å²) in [5, 5.41) is 13.9. The Bertz CT molecular complexity index is 575. The van der Waals surface area contributed by atoms with Crippen LogP contribution in [0.3, 0.4) is 0 Å². The molecule has 9 heteroatoms. The van der Waals surface area contributed by atoms with Crippen molar-refractivity contribution in [3.05, 3.63) is 28.3 Å². The number of hydrogen-bond donors (Lipinski definition) is 2. The smallest absolute Gasteiger partial charge is 0.291 e. The fourth-order valence-electron chi connectivity index (χ4n) is 1.56. The lowest BCUT2D eigenvalue weighted by atomic mass is 10.3. The average Bonchev–Trinajstić information content (AvgIpc) is 2.39. The number of thioether (sulfide) groups is 1. The highest BCUT2D eigenvalue weighted by Gasteiger charge is 2.25. The first-order valence-corrected chi connectivity index (χ1v) is 8.81. The Morgan fingerprint density at radius 1 is 1.40 bits per heavy atom. The van der Waals surface area contributed by atoms with Crippen molar-refractivity contribution in [1.82, 2.24) is 4.72 Å². The van der Waals surface area contributed by atoms with Crippen molar-refractivity contribution in [3.63, 3.8) is 0 Å². The van der Waals surface area contributed by atoms with Gasteiger partial charge in [-0.1, -0.05) is 0 Å². The van der Waals surface area contributed by atoms with Gasteiger partial charge in [0.2, 0.25) is 10.0 Å². The van der Waals surface area contributed by atoms with E-state index in [-0.39, 0.29) is 11.4 Å². The fraction of sp³-hybridized carbons (Fsp3) is 0.455. The third-order valence-electron chi connectivity index (χ3n) is 2.42. The first-order chi connectivity index (χ1) is 9.42. The molecule has 1 rings (SSSR count). The van der Waals surface area contributed by atoms with Crippen LogP contribution >= 0.6 is 11.8 Å². The maximum Gasteiger partial charge on any atom is 0.291 e. The molecule has 112 valence electrons. The van der Waals surface area contributed by atoms with Gasteiger partial charge in [0, 0.05) is 30.6 Å². The molecule has 0 heterocycles. The largest absolute Gasteiger partial charge is 0.385 e. The van der Waals surface area contributed by atoms with Gasteiger partial charge in [-0.15, -0.1) is 0 Å². The summed E-state index contributed by atoms with van der Waals surface area (Å²) in [7, 11) is -3.87. The molecule has 0 aliphatic heterocycles. The lowest BCUT2D eigenvalue weighted by molar-refractivity contribution is -0.387. The normalized spacial score (nSPS) is 11.3. The van der Waals surface area contributed by atoms with Crippen LogP contribution in [0.25, 0.3) is 0 Å². The summed E-state index contributed by atoms with van der Waals surface area (Å²) in [5.74, 6) is 0.600. The molecular weight excluding hydrogens is 302 g/mol. The predicted molar refractivity (Wildman–Crippen MR) is 80.8 cm³/mol. The number of nitro benzene ring substituents is 1. The number of benzene rings is 1. The molecule has 0 unspecified atom stereocenters. The lowest BCUT2D eigenvalue weighted by Gasteiger charge is -2.09. The van der Waals surface area contributed by atoms with E-state index in [1.54, 1.807) is 0 Å². The van der Waals surface area contributed by atoms with E-state index in [9.17, 15) is 18.5 Å². The number of nitrogens with one attached hydrogen (secondary N) is 2. The summed E-state index contributed by atoms with van der Waals surface area (Å²) in [5.41, 5.74) is 0.0855. The minimum atomic E-state index is -3.87. The van der Waals surface area contributed by atoms with Gasteiger partial charge in [0.1, 0.15) is 0 Å². The Balaban J connectivity index is 3.13. The molecule has 0 aliphatic rings. The summed E-state index contributed by atoms with van der Waals surface area (Å²) in [4.78, 5) is 10.0. The molecule has 0 aromatic heterocycles. The van der Waals surface area contributed by atoms with Crippen LogP contribution < -0.4 is 10.0 Å². The van der Waals surface area contributed by atoms with E-state index in [4.69, 9.17) is 0 Å². The van der Waals surface area contributed by atoms with Crippen LogP contribution in [-0.4, -0.2) is 38.4 Å². The van der Waals surface area contributed by atoms with Crippen LogP contribution in [0.4, 0.5) is 11.4 Å². The molecule has 7 nitrogen and oxygen atoms in total.